The number of nitrogens with one attached hydrogen (secondary N) is 1. The Morgan fingerprint density at radius 2 is 2.00 bits per heavy atom. The van der Waals surface area contributed by atoms with E-state index in [9.17, 15) is 10.2 Å². The van der Waals surface area contributed by atoms with Gasteiger partial charge in [0, 0.05) is 11.0 Å². The predicted octanol–water partition coefficient (Wildman–Crippen LogP) is 2.33. The number of hydrogen-bond acceptors (Lipinski definition) is 3. The van der Waals surface area contributed by atoms with E-state index in [2.05, 4.69) is 21.2 Å². The summed E-state index contributed by atoms with van der Waals surface area (Å²) < 4.78 is 0.856. The molecule has 0 aliphatic carbocycles. The Hall–Kier alpha value is -0.130. The lowest BCUT2D eigenvalue weighted by molar-refractivity contribution is 0.0864. The van der Waals surface area contributed by atoms with Crippen molar-refractivity contribution in [3.63, 3.8) is 0 Å². The molecule has 0 saturated heterocycles. The molecule has 0 aliphatic rings. The standard InChI is InChI=1S/C12H17BrClNO2/c1-2-12(7-16,8-17)15-6-9-3-4-10(13)11(14)5-9/h3-5,15-17H,2,6-8H2,1H3. The lowest BCUT2D eigenvalue weighted by Crippen LogP contribution is -2.50. The van der Waals surface area contributed by atoms with Gasteiger partial charge in [-0.25, -0.2) is 0 Å². The van der Waals surface area contributed by atoms with E-state index in [0.29, 0.717) is 18.0 Å². The van der Waals surface area contributed by atoms with Crippen LogP contribution in [0.5, 0.6) is 0 Å². The van der Waals surface area contributed by atoms with E-state index in [0.717, 1.165) is 10.0 Å². The predicted molar refractivity (Wildman–Crippen MR) is 73.2 cm³/mol. The maximum absolute atomic E-state index is 9.30. The molecule has 1 aromatic carbocycles. The van der Waals surface area contributed by atoms with Gasteiger partial charge in [-0.1, -0.05) is 24.6 Å². The van der Waals surface area contributed by atoms with Crippen LogP contribution in [0.4, 0.5) is 0 Å². The summed E-state index contributed by atoms with van der Waals surface area (Å²) >= 11 is 9.32. The van der Waals surface area contributed by atoms with Crippen molar-refractivity contribution in [3.8, 4) is 0 Å². The molecular weight excluding hydrogens is 305 g/mol. The van der Waals surface area contributed by atoms with Crippen molar-refractivity contribution in [3.05, 3.63) is 33.3 Å². The molecule has 1 aromatic rings. The molecule has 0 atom stereocenters. The molecule has 3 N–H and O–H groups in total. The fourth-order valence-electron chi connectivity index (χ4n) is 1.45. The molecule has 3 nitrogen and oxygen atoms in total. The molecule has 0 aliphatic heterocycles. The Balaban J connectivity index is 2.68. The third-order valence-electron chi connectivity index (χ3n) is 2.93. The quantitative estimate of drug-likeness (QED) is 0.753. The molecule has 0 bridgehead atoms. The average Bonchev–Trinajstić information content (AvgIpc) is 2.36. The first kappa shape index (κ1) is 14.9. The lowest BCUT2D eigenvalue weighted by atomic mass is 9.98. The van der Waals surface area contributed by atoms with E-state index in [1.807, 2.05) is 25.1 Å². The zero-order chi connectivity index (χ0) is 12.9. The molecular formula is C12H17BrClNO2. The lowest BCUT2D eigenvalue weighted by Gasteiger charge is -2.30. The summed E-state index contributed by atoms with van der Waals surface area (Å²) in [6.07, 6.45) is 0.657. The molecule has 0 amide bonds. The van der Waals surface area contributed by atoms with Crippen LogP contribution >= 0.6 is 27.5 Å². The molecule has 0 unspecified atom stereocenters. The molecule has 0 spiro atoms. The van der Waals surface area contributed by atoms with E-state index in [4.69, 9.17) is 11.6 Å². The van der Waals surface area contributed by atoms with Crippen molar-refractivity contribution in [1.82, 2.24) is 5.32 Å². The van der Waals surface area contributed by atoms with Crippen LogP contribution in [-0.4, -0.2) is 29.0 Å². The highest BCUT2D eigenvalue weighted by atomic mass is 79.9. The normalized spacial score (nSPS) is 11.8. The molecule has 1 rings (SSSR count). The second kappa shape index (κ2) is 6.71. The number of hydrogen-bond donors (Lipinski definition) is 3. The minimum Gasteiger partial charge on any atom is -0.394 e. The minimum atomic E-state index is -0.625. The van der Waals surface area contributed by atoms with Crippen molar-refractivity contribution >= 4 is 27.5 Å². The zero-order valence-corrected chi connectivity index (χ0v) is 12.1. The SMILES string of the molecule is CCC(CO)(CO)NCc1ccc(Br)c(Cl)c1. The van der Waals surface area contributed by atoms with Gasteiger partial charge in [0.2, 0.25) is 0 Å². The Labute approximate surface area is 115 Å². The second-order valence-corrected chi connectivity index (χ2v) is 5.31. The second-order valence-electron chi connectivity index (χ2n) is 4.05. The number of aliphatic hydroxyl groups excluding tert-OH is 2. The Morgan fingerprint density at radius 3 is 2.47 bits per heavy atom. The van der Waals surface area contributed by atoms with E-state index in [1.165, 1.54) is 0 Å². The Kier molecular flexibility index (Phi) is 5.89. The molecule has 96 valence electrons. The van der Waals surface area contributed by atoms with Crippen LogP contribution in [0.2, 0.25) is 5.02 Å². The first-order valence-electron chi connectivity index (χ1n) is 5.47. The smallest absolute Gasteiger partial charge is 0.0648 e. The van der Waals surface area contributed by atoms with Crippen LogP contribution < -0.4 is 5.32 Å². The summed E-state index contributed by atoms with van der Waals surface area (Å²) in [6.45, 7) is 2.30. The van der Waals surface area contributed by atoms with Crippen LogP contribution in [0.25, 0.3) is 0 Å². The van der Waals surface area contributed by atoms with Crippen molar-refractivity contribution in [2.45, 2.75) is 25.4 Å². The van der Waals surface area contributed by atoms with Crippen molar-refractivity contribution < 1.29 is 10.2 Å². The molecule has 0 fully saturated rings. The first-order valence-corrected chi connectivity index (χ1v) is 6.64. The third-order valence-corrected chi connectivity index (χ3v) is 4.17. The minimum absolute atomic E-state index is 0.0930. The average molecular weight is 323 g/mol. The molecule has 0 radical (unpaired) electrons. The van der Waals surface area contributed by atoms with Gasteiger partial charge in [0.25, 0.3) is 0 Å². The Morgan fingerprint density at radius 1 is 1.35 bits per heavy atom. The van der Waals surface area contributed by atoms with Gasteiger partial charge in [0.05, 0.1) is 23.8 Å². The summed E-state index contributed by atoms with van der Waals surface area (Å²) in [5.41, 5.74) is 0.387. The topological polar surface area (TPSA) is 52.5 Å². The van der Waals surface area contributed by atoms with Crippen molar-refractivity contribution in [1.29, 1.82) is 0 Å². The number of benzene rings is 1. The number of halogens is 2. The van der Waals surface area contributed by atoms with Crippen LogP contribution in [0.3, 0.4) is 0 Å². The highest BCUT2D eigenvalue weighted by Gasteiger charge is 2.25. The summed E-state index contributed by atoms with van der Waals surface area (Å²) in [4.78, 5) is 0. The van der Waals surface area contributed by atoms with E-state index in [-0.39, 0.29) is 13.2 Å². The molecule has 0 saturated carbocycles. The maximum Gasteiger partial charge on any atom is 0.0648 e. The molecule has 0 heterocycles. The number of rotatable bonds is 6. The first-order chi connectivity index (χ1) is 8.06. The fourth-order valence-corrected chi connectivity index (χ4v) is 1.90. The van der Waals surface area contributed by atoms with Gasteiger partial charge in [-0.05, 0) is 40.0 Å². The monoisotopic (exact) mass is 321 g/mol. The summed E-state index contributed by atoms with van der Waals surface area (Å²) in [7, 11) is 0. The highest BCUT2D eigenvalue weighted by Crippen LogP contribution is 2.23. The zero-order valence-electron chi connectivity index (χ0n) is 9.71. The van der Waals surface area contributed by atoms with Crippen LogP contribution in [0, 0.1) is 0 Å². The Bertz CT molecular complexity index is 361. The van der Waals surface area contributed by atoms with Crippen molar-refractivity contribution in [2.24, 2.45) is 0 Å². The fraction of sp³-hybridized carbons (Fsp3) is 0.500. The number of aliphatic hydroxyl groups is 2. The van der Waals surface area contributed by atoms with Crippen molar-refractivity contribution in [2.75, 3.05) is 13.2 Å². The van der Waals surface area contributed by atoms with Crippen LogP contribution in [0.15, 0.2) is 22.7 Å². The maximum atomic E-state index is 9.30. The van der Waals surface area contributed by atoms with E-state index < -0.39 is 5.54 Å². The van der Waals surface area contributed by atoms with Gasteiger partial charge < -0.3 is 15.5 Å². The van der Waals surface area contributed by atoms with Crippen LogP contribution in [-0.2, 0) is 6.54 Å². The van der Waals surface area contributed by atoms with Crippen LogP contribution in [0.1, 0.15) is 18.9 Å². The highest BCUT2D eigenvalue weighted by molar-refractivity contribution is 9.10. The summed E-state index contributed by atoms with van der Waals surface area (Å²) in [5, 5.41) is 22.4. The van der Waals surface area contributed by atoms with Gasteiger partial charge >= 0.3 is 0 Å². The van der Waals surface area contributed by atoms with Gasteiger partial charge in [-0.2, -0.15) is 0 Å². The van der Waals surface area contributed by atoms with Gasteiger partial charge in [-0.15, -0.1) is 0 Å². The third kappa shape index (κ3) is 3.93. The van der Waals surface area contributed by atoms with E-state index in [1.54, 1.807) is 0 Å². The van der Waals surface area contributed by atoms with E-state index >= 15 is 0 Å². The van der Waals surface area contributed by atoms with Gasteiger partial charge in [-0.3, -0.25) is 0 Å². The molecule has 17 heavy (non-hydrogen) atoms. The van der Waals surface area contributed by atoms with Gasteiger partial charge in [0.15, 0.2) is 0 Å². The van der Waals surface area contributed by atoms with Gasteiger partial charge in [0.1, 0.15) is 0 Å². The summed E-state index contributed by atoms with van der Waals surface area (Å²) in [6, 6.07) is 5.68. The molecule has 0 aromatic heterocycles. The molecule has 5 heteroatoms. The summed E-state index contributed by atoms with van der Waals surface area (Å²) in [5.74, 6) is 0. The largest absolute Gasteiger partial charge is 0.394 e.